The van der Waals surface area contributed by atoms with Gasteiger partial charge in [-0.15, -0.1) is 0 Å². The third kappa shape index (κ3) is 3.62. The number of aryl methyl sites for hydroxylation is 1. The van der Waals surface area contributed by atoms with Crippen molar-refractivity contribution in [2.45, 2.75) is 32.4 Å². The number of aromatic nitrogens is 3. The Kier molecular flexibility index (Phi) is 4.84. The molecule has 0 saturated carbocycles. The minimum Gasteiger partial charge on any atom is -0.472 e. The zero-order valence-electron chi connectivity index (χ0n) is 17.7. The van der Waals surface area contributed by atoms with E-state index in [4.69, 9.17) is 4.42 Å². The zero-order chi connectivity index (χ0) is 21.5. The number of rotatable bonds is 4. The van der Waals surface area contributed by atoms with Gasteiger partial charge in [0.15, 0.2) is 0 Å². The van der Waals surface area contributed by atoms with Crippen LogP contribution in [0.3, 0.4) is 0 Å². The highest BCUT2D eigenvalue weighted by Crippen LogP contribution is 2.36. The van der Waals surface area contributed by atoms with Gasteiger partial charge in [0.25, 0.3) is 11.5 Å². The fraction of sp³-hybridized carbons (Fsp3) is 0.391. The molecule has 1 saturated heterocycles. The number of furan rings is 1. The Morgan fingerprint density at radius 3 is 2.87 bits per heavy atom. The van der Waals surface area contributed by atoms with Crippen molar-refractivity contribution in [3.05, 3.63) is 76.0 Å². The van der Waals surface area contributed by atoms with Crippen LogP contribution in [0.1, 0.15) is 39.8 Å². The number of anilines is 1. The van der Waals surface area contributed by atoms with Crippen LogP contribution < -0.4 is 10.5 Å². The van der Waals surface area contributed by atoms with Gasteiger partial charge in [-0.2, -0.15) is 0 Å². The lowest BCUT2D eigenvalue weighted by Gasteiger charge is -2.43. The molecule has 0 radical (unpaired) electrons. The molecule has 5 rings (SSSR count). The third-order valence-corrected chi connectivity index (χ3v) is 6.27. The van der Waals surface area contributed by atoms with Crippen LogP contribution >= 0.6 is 0 Å². The van der Waals surface area contributed by atoms with Crippen LogP contribution in [0.15, 0.2) is 52.2 Å². The first-order valence-electron chi connectivity index (χ1n) is 10.5. The van der Waals surface area contributed by atoms with E-state index in [0.717, 1.165) is 42.4 Å². The molecule has 0 aromatic carbocycles. The van der Waals surface area contributed by atoms with Crippen molar-refractivity contribution in [1.29, 1.82) is 0 Å². The van der Waals surface area contributed by atoms with E-state index in [2.05, 4.69) is 14.9 Å². The smallest absolute Gasteiger partial charge is 0.263 e. The van der Waals surface area contributed by atoms with Gasteiger partial charge in [-0.3, -0.25) is 9.59 Å². The molecule has 31 heavy (non-hydrogen) atoms. The summed E-state index contributed by atoms with van der Waals surface area (Å²) in [6.45, 7) is 4.57. The summed E-state index contributed by atoms with van der Waals surface area (Å²) in [5, 5.41) is 0. The van der Waals surface area contributed by atoms with Crippen LogP contribution in [0.5, 0.6) is 0 Å². The van der Waals surface area contributed by atoms with E-state index in [1.807, 2.05) is 29.7 Å². The van der Waals surface area contributed by atoms with Gasteiger partial charge in [-0.25, -0.2) is 9.97 Å². The van der Waals surface area contributed by atoms with E-state index in [0.29, 0.717) is 19.0 Å². The summed E-state index contributed by atoms with van der Waals surface area (Å²) >= 11 is 0. The molecule has 8 nitrogen and oxygen atoms in total. The lowest BCUT2D eigenvalue weighted by molar-refractivity contribution is 0.0781. The normalized spacial score (nSPS) is 19.7. The topological polar surface area (TPSA) is 84.5 Å². The molecule has 2 aliphatic heterocycles. The van der Waals surface area contributed by atoms with Crippen LogP contribution in [0, 0.1) is 12.8 Å². The maximum Gasteiger partial charge on any atom is 0.263 e. The second-order valence-electron chi connectivity index (χ2n) is 8.55. The predicted octanol–water partition coefficient (Wildman–Crippen LogP) is 2.44. The van der Waals surface area contributed by atoms with Crippen molar-refractivity contribution < 1.29 is 9.21 Å². The van der Waals surface area contributed by atoms with Gasteiger partial charge >= 0.3 is 0 Å². The third-order valence-electron chi connectivity index (χ3n) is 6.27. The van der Waals surface area contributed by atoms with Crippen LogP contribution in [0.25, 0.3) is 0 Å². The summed E-state index contributed by atoms with van der Waals surface area (Å²) in [7, 11) is 1.70. The van der Waals surface area contributed by atoms with Crippen LogP contribution in [0.2, 0.25) is 0 Å². The highest BCUT2D eigenvalue weighted by atomic mass is 16.3. The number of carbonyl (C=O) groups is 1. The molecule has 160 valence electrons. The SMILES string of the molecule is Cc1nccc(N2C[C@@H]3C[C@H](C2)c2ccc(C(=O)N(C)Cc4ccoc4)c(=O)n2C3)n1. The number of pyridine rings is 1. The summed E-state index contributed by atoms with van der Waals surface area (Å²) in [6.07, 6.45) is 6.02. The first kappa shape index (κ1) is 19.5. The Morgan fingerprint density at radius 2 is 2.10 bits per heavy atom. The Morgan fingerprint density at radius 1 is 1.23 bits per heavy atom. The minimum atomic E-state index is -0.268. The van der Waals surface area contributed by atoms with Crippen LogP contribution in [-0.2, 0) is 13.1 Å². The maximum absolute atomic E-state index is 13.3. The van der Waals surface area contributed by atoms with Crippen LogP contribution in [0.4, 0.5) is 5.82 Å². The average Bonchev–Trinajstić information content (AvgIpc) is 3.27. The molecule has 5 heterocycles. The number of fused-ring (bicyclic) bond motifs is 4. The molecule has 2 aliphatic rings. The number of piperidine rings is 1. The minimum absolute atomic E-state index is 0.192. The van der Waals surface area contributed by atoms with Gasteiger partial charge in [0.05, 0.1) is 12.5 Å². The molecule has 3 aromatic heterocycles. The van der Waals surface area contributed by atoms with Crippen molar-refractivity contribution >= 4 is 11.7 Å². The van der Waals surface area contributed by atoms with Gasteiger partial charge < -0.3 is 18.8 Å². The predicted molar refractivity (Wildman–Crippen MR) is 115 cm³/mol. The largest absolute Gasteiger partial charge is 0.472 e. The summed E-state index contributed by atoms with van der Waals surface area (Å²) in [4.78, 5) is 38.8. The Balaban J connectivity index is 1.40. The number of nitrogens with zero attached hydrogens (tertiary/aromatic N) is 5. The monoisotopic (exact) mass is 419 g/mol. The van der Waals surface area contributed by atoms with Gasteiger partial charge in [-0.05, 0) is 43.5 Å². The lowest BCUT2D eigenvalue weighted by Crippen LogP contribution is -2.48. The highest BCUT2D eigenvalue weighted by molar-refractivity contribution is 5.93. The molecule has 2 bridgehead atoms. The lowest BCUT2D eigenvalue weighted by atomic mass is 9.83. The molecule has 0 N–H and O–H groups in total. The Hall–Kier alpha value is -3.42. The first-order chi connectivity index (χ1) is 15.0. The number of amides is 1. The molecule has 2 atom stereocenters. The van der Waals surface area contributed by atoms with E-state index < -0.39 is 0 Å². The zero-order valence-corrected chi connectivity index (χ0v) is 17.7. The Bertz CT molecular complexity index is 1170. The summed E-state index contributed by atoms with van der Waals surface area (Å²) in [5.74, 6) is 2.00. The van der Waals surface area contributed by atoms with Gasteiger partial charge in [0.2, 0.25) is 0 Å². The van der Waals surface area contributed by atoms with Crippen molar-refractivity contribution in [2.24, 2.45) is 5.92 Å². The molecule has 0 unspecified atom stereocenters. The van der Waals surface area contributed by atoms with E-state index in [-0.39, 0.29) is 22.9 Å². The van der Waals surface area contributed by atoms with Crippen molar-refractivity contribution in [2.75, 3.05) is 25.0 Å². The summed E-state index contributed by atoms with van der Waals surface area (Å²) < 4.78 is 6.89. The number of carbonyl (C=O) groups excluding carboxylic acids is 1. The molecule has 1 fully saturated rings. The van der Waals surface area contributed by atoms with Gasteiger partial charge in [-0.1, -0.05) is 0 Å². The van der Waals surface area contributed by atoms with Crippen LogP contribution in [-0.4, -0.2) is 45.5 Å². The highest BCUT2D eigenvalue weighted by Gasteiger charge is 2.36. The van der Waals surface area contributed by atoms with Crippen molar-refractivity contribution in [3.8, 4) is 0 Å². The van der Waals surface area contributed by atoms with E-state index in [1.165, 1.54) is 0 Å². The molecule has 0 spiro atoms. The number of hydrogen-bond donors (Lipinski definition) is 0. The Labute approximate surface area is 180 Å². The van der Waals surface area contributed by atoms with E-state index >= 15 is 0 Å². The molecule has 8 heteroatoms. The fourth-order valence-electron chi connectivity index (χ4n) is 4.85. The summed E-state index contributed by atoms with van der Waals surface area (Å²) in [6, 6.07) is 7.40. The maximum atomic E-state index is 13.3. The number of hydrogen-bond acceptors (Lipinski definition) is 6. The van der Waals surface area contributed by atoms with Crippen molar-refractivity contribution in [1.82, 2.24) is 19.4 Å². The van der Waals surface area contributed by atoms with Gasteiger partial charge in [0.1, 0.15) is 17.2 Å². The standard InChI is InChI=1S/C23H25N5O3/c1-15-24-7-5-21(25-15)27-11-17-9-18(13-27)20-4-3-19(23(30)28(20)12-17)22(29)26(2)10-16-6-8-31-14-16/h3-8,14,17-18H,9-13H2,1-2H3/t17-,18+/m0/s1. The fourth-order valence-corrected chi connectivity index (χ4v) is 4.85. The van der Waals surface area contributed by atoms with Crippen molar-refractivity contribution in [3.63, 3.8) is 0 Å². The molecule has 0 aliphatic carbocycles. The quantitative estimate of drug-likeness (QED) is 0.646. The molecule has 3 aromatic rings. The summed E-state index contributed by atoms with van der Waals surface area (Å²) in [5.41, 5.74) is 1.93. The second-order valence-corrected chi connectivity index (χ2v) is 8.55. The average molecular weight is 419 g/mol. The molecular formula is C23H25N5O3. The second kappa shape index (κ2) is 7.68. The molecule has 1 amide bonds. The van der Waals surface area contributed by atoms with E-state index in [9.17, 15) is 9.59 Å². The van der Waals surface area contributed by atoms with Gasteiger partial charge in [0, 0.05) is 56.6 Å². The first-order valence-corrected chi connectivity index (χ1v) is 10.5. The molecular weight excluding hydrogens is 394 g/mol. The van der Waals surface area contributed by atoms with E-state index in [1.54, 1.807) is 36.7 Å².